The molecule has 2 rings (SSSR count). The molecule has 0 aromatic heterocycles. The van der Waals surface area contributed by atoms with Crippen molar-refractivity contribution in [3.63, 3.8) is 0 Å². The van der Waals surface area contributed by atoms with Gasteiger partial charge in [-0.05, 0) is 55.3 Å². The molecule has 2 aromatic rings. The molecular weight excluding hydrogens is 333 g/mol. The highest BCUT2D eigenvalue weighted by molar-refractivity contribution is 7.86. The van der Waals surface area contributed by atoms with Crippen LogP contribution in [0.5, 0.6) is 11.5 Å². The summed E-state index contributed by atoms with van der Waals surface area (Å²) in [7, 11) is -4.73. The van der Waals surface area contributed by atoms with Crippen LogP contribution in [-0.4, -0.2) is 13.0 Å². The van der Waals surface area contributed by atoms with Crippen LogP contribution in [0.15, 0.2) is 41.3 Å². The van der Waals surface area contributed by atoms with Crippen molar-refractivity contribution in [1.82, 2.24) is 0 Å². The third-order valence-electron chi connectivity index (χ3n) is 2.97. The SMILES string of the molecule is Cc1cc(C)cc(Oc2cc(C(F)(F)F)ccc2S(=O)(=O)O)c1. The topological polar surface area (TPSA) is 63.6 Å². The Balaban J connectivity index is 2.57. The summed E-state index contributed by atoms with van der Waals surface area (Å²) in [6.07, 6.45) is -4.67. The monoisotopic (exact) mass is 346 g/mol. The van der Waals surface area contributed by atoms with Crippen molar-refractivity contribution in [2.75, 3.05) is 0 Å². The highest BCUT2D eigenvalue weighted by Gasteiger charge is 2.32. The van der Waals surface area contributed by atoms with Gasteiger partial charge in [-0.3, -0.25) is 4.55 Å². The number of aryl methyl sites for hydroxylation is 2. The summed E-state index contributed by atoms with van der Waals surface area (Å²) in [4.78, 5) is -0.732. The van der Waals surface area contributed by atoms with Gasteiger partial charge in [-0.25, -0.2) is 0 Å². The van der Waals surface area contributed by atoms with Crippen LogP contribution in [0.25, 0.3) is 0 Å². The van der Waals surface area contributed by atoms with E-state index in [1.807, 2.05) is 6.07 Å². The Morgan fingerprint density at radius 1 is 1.00 bits per heavy atom. The molecule has 23 heavy (non-hydrogen) atoms. The second-order valence-electron chi connectivity index (χ2n) is 5.06. The smallest absolute Gasteiger partial charge is 0.416 e. The van der Waals surface area contributed by atoms with Crippen LogP contribution in [0, 0.1) is 13.8 Å². The Morgan fingerprint density at radius 2 is 1.57 bits per heavy atom. The fourth-order valence-corrected chi connectivity index (χ4v) is 2.69. The molecule has 0 saturated heterocycles. The number of ether oxygens (including phenoxy) is 1. The maximum atomic E-state index is 12.8. The fraction of sp³-hybridized carbons (Fsp3) is 0.200. The Kier molecular flexibility index (Phi) is 4.41. The molecule has 0 amide bonds. The van der Waals surface area contributed by atoms with Crippen LogP contribution in [-0.2, 0) is 16.3 Å². The van der Waals surface area contributed by atoms with Crippen molar-refractivity contribution in [3.05, 3.63) is 53.1 Å². The van der Waals surface area contributed by atoms with Crippen molar-refractivity contribution in [2.24, 2.45) is 0 Å². The van der Waals surface area contributed by atoms with Crippen LogP contribution in [0.2, 0.25) is 0 Å². The molecular formula is C15H13F3O4S. The Bertz CT molecular complexity index is 822. The van der Waals surface area contributed by atoms with Gasteiger partial charge < -0.3 is 4.74 Å². The molecule has 0 unspecified atom stereocenters. The van der Waals surface area contributed by atoms with Crippen molar-refractivity contribution in [1.29, 1.82) is 0 Å². The summed E-state index contributed by atoms with van der Waals surface area (Å²) in [5.74, 6) is -0.418. The zero-order chi connectivity index (χ0) is 17.4. The third kappa shape index (κ3) is 4.23. The minimum atomic E-state index is -4.73. The number of hydrogen-bond donors (Lipinski definition) is 1. The molecule has 8 heteroatoms. The standard InChI is InChI=1S/C15H13F3O4S/c1-9-5-10(2)7-12(6-9)22-13-8-11(15(16,17)18)3-4-14(13)23(19,20)21/h3-8H,1-2H3,(H,19,20,21). The molecule has 0 fully saturated rings. The van der Waals surface area contributed by atoms with Crippen LogP contribution in [0.3, 0.4) is 0 Å². The highest BCUT2D eigenvalue weighted by atomic mass is 32.2. The van der Waals surface area contributed by atoms with Gasteiger partial charge >= 0.3 is 6.18 Å². The number of benzene rings is 2. The quantitative estimate of drug-likeness (QED) is 0.839. The number of halogens is 3. The largest absolute Gasteiger partial charge is 0.456 e. The minimum absolute atomic E-state index is 0.173. The molecule has 0 heterocycles. The summed E-state index contributed by atoms with van der Waals surface area (Å²) in [6.45, 7) is 3.52. The molecule has 124 valence electrons. The van der Waals surface area contributed by atoms with E-state index in [1.54, 1.807) is 26.0 Å². The van der Waals surface area contributed by atoms with Crippen LogP contribution in [0.1, 0.15) is 16.7 Å². The summed E-state index contributed by atoms with van der Waals surface area (Å²) < 4.78 is 75.5. The van der Waals surface area contributed by atoms with E-state index >= 15 is 0 Å². The molecule has 0 radical (unpaired) electrons. The number of rotatable bonds is 3. The lowest BCUT2D eigenvalue weighted by Gasteiger charge is -2.14. The third-order valence-corrected chi connectivity index (χ3v) is 3.87. The Morgan fingerprint density at radius 3 is 2.04 bits per heavy atom. The van der Waals surface area contributed by atoms with E-state index in [2.05, 4.69) is 0 Å². The molecule has 0 atom stereocenters. The van der Waals surface area contributed by atoms with Gasteiger partial charge in [0.05, 0.1) is 5.56 Å². The van der Waals surface area contributed by atoms with Gasteiger partial charge in [0.25, 0.3) is 10.1 Å². The van der Waals surface area contributed by atoms with Crippen molar-refractivity contribution in [2.45, 2.75) is 24.9 Å². The van der Waals surface area contributed by atoms with E-state index in [4.69, 9.17) is 9.29 Å². The van der Waals surface area contributed by atoms with E-state index < -0.39 is 32.5 Å². The van der Waals surface area contributed by atoms with Crippen LogP contribution in [0.4, 0.5) is 13.2 Å². The zero-order valence-electron chi connectivity index (χ0n) is 12.2. The predicted molar refractivity (Wildman–Crippen MR) is 77.2 cm³/mol. The molecule has 0 aliphatic carbocycles. The van der Waals surface area contributed by atoms with E-state index in [1.165, 1.54) is 0 Å². The van der Waals surface area contributed by atoms with E-state index in [-0.39, 0.29) is 5.75 Å². The normalized spacial score (nSPS) is 12.3. The van der Waals surface area contributed by atoms with Crippen LogP contribution < -0.4 is 4.74 Å². The molecule has 0 saturated carbocycles. The Hall–Kier alpha value is -2.06. The molecule has 0 spiro atoms. The lowest BCUT2D eigenvalue weighted by Crippen LogP contribution is -2.08. The first-order chi connectivity index (χ1) is 10.5. The van der Waals surface area contributed by atoms with Crippen molar-refractivity contribution >= 4 is 10.1 Å². The minimum Gasteiger partial charge on any atom is -0.456 e. The van der Waals surface area contributed by atoms with Gasteiger partial charge in [-0.15, -0.1) is 0 Å². The molecule has 2 aromatic carbocycles. The van der Waals surface area contributed by atoms with Crippen molar-refractivity contribution < 1.29 is 30.9 Å². The van der Waals surface area contributed by atoms with E-state index in [9.17, 15) is 21.6 Å². The van der Waals surface area contributed by atoms with Gasteiger partial charge in [0.2, 0.25) is 0 Å². The number of hydrogen-bond acceptors (Lipinski definition) is 3. The maximum Gasteiger partial charge on any atom is 0.416 e. The molecule has 4 nitrogen and oxygen atoms in total. The molecule has 0 bridgehead atoms. The summed E-state index contributed by atoms with van der Waals surface area (Å²) in [5.41, 5.74) is 0.505. The Labute approximate surface area is 131 Å². The van der Waals surface area contributed by atoms with Gasteiger partial charge in [0.15, 0.2) is 0 Å². The van der Waals surface area contributed by atoms with E-state index in [0.717, 1.165) is 11.1 Å². The first-order valence-electron chi connectivity index (χ1n) is 6.42. The van der Waals surface area contributed by atoms with Gasteiger partial charge in [-0.2, -0.15) is 21.6 Å². The average molecular weight is 346 g/mol. The van der Waals surface area contributed by atoms with Gasteiger partial charge in [0.1, 0.15) is 16.4 Å². The maximum absolute atomic E-state index is 12.8. The zero-order valence-corrected chi connectivity index (χ0v) is 13.0. The first kappa shape index (κ1) is 17.3. The summed E-state index contributed by atoms with van der Waals surface area (Å²) in [5, 5.41) is 0. The highest BCUT2D eigenvalue weighted by Crippen LogP contribution is 2.36. The summed E-state index contributed by atoms with van der Waals surface area (Å²) in [6, 6.07) is 6.68. The second-order valence-corrected chi connectivity index (χ2v) is 6.45. The molecule has 0 aliphatic heterocycles. The molecule has 0 aliphatic rings. The molecule has 1 N–H and O–H groups in total. The summed E-state index contributed by atoms with van der Waals surface area (Å²) >= 11 is 0. The lowest BCUT2D eigenvalue weighted by molar-refractivity contribution is -0.137. The van der Waals surface area contributed by atoms with E-state index in [0.29, 0.717) is 18.2 Å². The van der Waals surface area contributed by atoms with Gasteiger partial charge in [0, 0.05) is 0 Å². The first-order valence-corrected chi connectivity index (χ1v) is 7.86. The predicted octanol–water partition coefficient (Wildman–Crippen LogP) is 4.36. The lowest BCUT2D eigenvalue weighted by atomic mass is 10.1. The van der Waals surface area contributed by atoms with Crippen molar-refractivity contribution in [3.8, 4) is 11.5 Å². The second kappa shape index (κ2) is 5.86. The average Bonchev–Trinajstić information content (AvgIpc) is 2.34. The fourth-order valence-electron chi connectivity index (χ4n) is 2.10. The van der Waals surface area contributed by atoms with Crippen LogP contribution >= 0.6 is 0 Å². The number of alkyl halides is 3. The van der Waals surface area contributed by atoms with Gasteiger partial charge in [-0.1, -0.05) is 6.07 Å².